The molecule has 0 radical (unpaired) electrons. The van der Waals surface area contributed by atoms with E-state index in [1.165, 1.54) is 6.07 Å². The first-order chi connectivity index (χ1) is 11.5. The zero-order valence-corrected chi connectivity index (χ0v) is 13.4. The van der Waals surface area contributed by atoms with Crippen molar-refractivity contribution < 1.29 is 18.0 Å². The molecular formula is C18H21F3N2O. The highest BCUT2D eigenvalue weighted by atomic mass is 19.3. The minimum atomic E-state index is -2.50. The number of carbonyl (C=O) groups is 1. The maximum absolute atomic E-state index is 14.2. The molecule has 0 saturated heterocycles. The summed E-state index contributed by atoms with van der Waals surface area (Å²) in [4.78, 5) is 12.3. The predicted octanol–water partition coefficient (Wildman–Crippen LogP) is 2.88. The SMILES string of the molecule is O=C(NCC1CCC2C(C1)C2(F)F)c1cc2c(cc1F)CCNC2. The van der Waals surface area contributed by atoms with Crippen LogP contribution in [-0.2, 0) is 13.0 Å². The highest BCUT2D eigenvalue weighted by molar-refractivity contribution is 5.94. The Morgan fingerprint density at radius 3 is 2.88 bits per heavy atom. The summed E-state index contributed by atoms with van der Waals surface area (Å²) in [5, 5.41) is 5.94. The first-order valence-electron chi connectivity index (χ1n) is 8.65. The van der Waals surface area contributed by atoms with Gasteiger partial charge in [0.25, 0.3) is 11.8 Å². The maximum atomic E-state index is 14.2. The molecule has 1 aromatic carbocycles. The van der Waals surface area contributed by atoms with Gasteiger partial charge in [-0.25, -0.2) is 13.2 Å². The monoisotopic (exact) mass is 338 g/mol. The predicted molar refractivity (Wildman–Crippen MR) is 83.4 cm³/mol. The number of fused-ring (bicyclic) bond motifs is 2. The molecule has 130 valence electrons. The number of alkyl halides is 2. The van der Waals surface area contributed by atoms with Gasteiger partial charge in [-0.2, -0.15) is 0 Å². The van der Waals surface area contributed by atoms with E-state index in [9.17, 15) is 18.0 Å². The molecule has 1 aromatic rings. The molecule has 2 N–H and O–H groups in total. The molecule has 4 rings (SSSR count). The number of rotatable bonds is 3. The summed E-state index contributed by atoms with van der Waals surface area (Å²) in [5.74, 6) is -4.37. The van der Waals surface area contributed by atoms with E-state index in [0.29, 0.717) is 32.4 Å². The molecule has 3 unspecified atom stereocenters. The lowest BCUT2D eigenvalue weighted by atomic mass is 9.89. The first kappa shape index (κ1) is 15.9. The van der Waals surface area contributed by atoms with Crippen molar-refractivity contribution in [3.8, 4) is 0 Å². The van der Waals surface area contributed by atoms with Crippen LogP contribution in [0.5, 0.6) is 0 Å². The number of benzene rings is 1. The highest BCUT2D eigenvalue weighted by Crippen LogP contribution is 2.63. The van der Waals surface area contributed by atoms with Crippen molar-refractivity contribution in [3.63, 3.8) is 0 Å². The van der Waals surface area contributed by atoms with Crippen LogP contribution in [0.2, 0.25) is 0 Å². The number of nitrogens with one attached hydrogen (secondary N) is 2. The number of amides is 1. The van der Waals surface area contributed by atoms with E-state index < -0.39 is 29.5 Å². The summed E-state index contributed by atoms with van der Waals surface area (Å²) in [6.45, 7) is 1.79. The van der Waals surface area contributed by atoms with E-state index in [-0.39, 0.29) is 11.5 Å². The molecule has 2 aliphatic carbocycles. The average molecular weight is 338 g/mol. The summed E-state index contributed by atoms with van der Waals surface area (Å²) >= 11 is 0. The second-order valence-electron chi connectivity index (χ2n) is 7.30. The quantitative estimate of drug-likeness (QED) is 0.890. The molecule has 24 heavy (non-hydrogen) atoms. The number of halogens is 3. The molecule has 0 bridgehead atoms. The van der Waals surface area contributed by atoms with Gasteiger partial charge < -0.3 is 10.6 Å². The Morgan fingerprint density at radius 2 is 2.08 bits per heavy atom. The van der Waals surface area contributed by atoms with Crippen LogP contribution in [0.25, 0.3) is 0 Å². The zero-order valence-electron chi connectivity index (χ0n) is 13.4. The van der Waals surface area contributed by atoms with Crippen LogP contribution in [0.3, 0.4) is 0 Å². The molecule has 3 atom stereocenters. The fourth-order valence-corrected chi connectivity index (χ4v) is 4.26. The lowest BCUT2D eigenvalue weighted by molar-refractivity contribution is 0.0842. The Bertz CT molecular complexity index is 676. The molecule has 0 spiro atoms. The van der Waals surface area contributed by atoms with Crippen LogP contribution in [0, 0.1) is 23.6 Å². The molecule has 1 aliphatic heterocycles. The Morgan fingerprint density at radius 1 is 1.25 bits per heavy atom. The van der Waals surface area contributed by atoms with E-state index >= 15 is 0 Å². The summed E-state index contributed by atoms with van der Waals surface area (Å²) in [6.07, 6.45) is 2.44. The third-order valence-electron chi connectivity index (χ3n) is 5.81. The van der Waals surface area contributed by atoms with Crippen molar-refractivity contribution in [2.24, 2.45) is 17.8 Å². The smallest absolute Gasteiger partial charge is 0.254 e. The lowest BCUT2D eigenvalue weighted by Crippen LogP contribution is -2.32. The fourth-order valence-electron chi connectivity index (χ4n) is 4.26. The van der Waals surface area contributed by atoms with E-state index in [2.05, 4.69) is 10.6 Å². The van der Waals surface area contributed by atoms with Gasteiger partial charge in [0.15, 0.2) is 0 Å². The maximum Gasteiger partial charge on any atom is 0.254 e. The summed E-state index contributed by atoms with van der Waals surface area (Å²) < 4.78 is 41.0. The molecule has 2 saturated carbocycles. The minimum absolute atomic E-state index is 0.0443. The number of hydrogen-bond donors (Lipinski definition) is 2. The van der Waals surface area contributed by atoms with Crippen LogP contribution < -0.4 is 10.6 Å². The van der Waals surface area contributed by atoms with Crippen molar-refractivity contribution in [3.05, 3.63) is 34.6 Å². The van der Waals surface area contributed by atoms with Gasteiger partial charge >= 0.3 is 0 Å². The van der Waals surface area contributed by atoms with Gasteiger partial charge in [-0.05, 0) is 61.4 Å². The Labute approximate surface area is 139 Å². The molecule has 1 heterocycles. The Kier molecular flexibility index (Phi) is 3.82. The molecule has 0 aromatic heterocycles. The number of carbonyl (C=O) groups excluding carboxylic acids is 1. The van der Waals surface area contributed by atoms with Gasteiger partial charge in [-0.15, -0.1) is 0 Å². The van der Waals surface area contributed by atoms with E-state index in [1.807, 2.05) is 0 Å². The summed E-state index contributed by atoms with van der Waals surface area (Å²) in [7, 11) is 0. The Hall–Kier alpha value is -1.56. The molecule has 3 aliphatic rings. The number of hydrogen-bond acceptors (Lipinski definition) is 2. The Balaban J connectivity index is 1.38. The lowest BCUT2D eigenvalue weighted by Gasteiger charge is -2.21. The van der Waals surface area contributed by atoms with Crippen LogP contribution in [0.4, 0.5) is 13.2 Å². The zero-order chi connectivity index (χ0) is 16.9. The van der Waals surface area contributed by atoms with E-state index in [0.717, 1.165) is 24.1 Å². The third-order valence-corrected chi connectivity index (χ3v) is 5.81. The third kappa shape index (κ3) is 2.70. The van der Waals surface area contributed by atoms with Gasteiger partial charge in [0, 0.05) is 24.9 Å². The molecule has 1 amide bonds. The molecule has 2 fully saturated rings. The van der Waals surface area contributed by atoms with Crippen LogP contribution in [0.1, 0.15) is 40.7 Å². The van der Waals surface area contributed by atoms with Gasteiger partial charge in [0.2, 0.25) is 0 Å². The van der Waals surface area contributed by atoms with Crippen molar-refractivity contribution in [2.75, 3.05) is 13.1 Å². The second kappa shape index (κ2) is 5.76. The highest BCUT2D eigenvalue weighted by Gasteiger charge is 2.68. The van der Waals surface area contributed by atoms with Crippen LogP contribution in [-0.4, -0.2) is 24.9 Å². The molecular weight excluding hydrogens is 317 g/mol. The van der Waals surface area contributed by atoms with Crippen molar-refractivity contribution in [1.82, 2.24) is 10.6 Å². The largest absolute Gasteiger partial charge is 0.352 e. The van der Waals surface area contributed by atoms with Gasteiger partial charge in [-0.1, -0.05) is 0 Å². The van der Waals surface area contributed by atoms with Crippen molar-refractivity contribution >= 4 is 5.91 Å². The minimum Gasteiger partial charge on any atom is -0.352 e. The summed E-state index contributed by atoms with van der Waals surface area (Å²) in [6, 6.07) is 3.05. The van der Waals surface area contributed by atoms with Gasteiger partial charge in [0.05, 0.1) is 5.56 Å². The van der Waals surface area contributed by atoms with Gasteiger partial charge in [0.1, 0.15) is 5.82 Å². The first-order valence-corrected chi connectivity index (χ1v) is 8.65. The summed E-state index contributed by atoms with van der Waals surface area (Å²) in [5.41, 5.74) is 1.94. The van der Waals surface area contributed by atoms with Gasteiger partial charge in [-0.3, -0.25) is 4.79 Å². The average Bonchev–Trinajstić information content (AvgIpc) is 3.13. The van der Waals surface area contributed by atoms with Crippen LogP contribution >= 0.6 is 0 Å². The van der Waals surface area contributed by atoms with Crippen LogP contribution in [0.15, 0.2) is 12.1 Å². The normalized spacial score (nSPS) is 30.2. The van der Waals surface area contributed by atoms with E-state index in [4.69, 9.17) is 0 Å². The van der Waals surface area contributed by atoms with E-state index in [1.54, 1.807) is 6.07 Å². The molecule has 3 nitrogen and oxygen atoms in total. The second-order valence-corrected chi connectivity index (χ2v) is 7.30. The fraction of sp³-hybridized carbons (Fsp3) is 0.611. The topological polar surface area (TPSA) is 41.1 Å². The standard InChI is InChI=1S/C18H21F3N2O/c19-16-7-11-3-4-22-9-12(11)6-13(16)17(24)23-8-10-1-2-14-15(5-10)18(14,20)21/h6-7,10,14-15,22H,1-5,8-9H2,(H,23,24). The van der Waals surface area contributed by atoms with Crippen molar-refractivity contribution in [2.45, 2.75) is 38.2 Å². The molecule has 6 heteroatoms. The van der Waals surface area contributed by atoms with Crippen molar-refractivity contribution in [1.29, 1.82) is 0 Å².